The molecule has 1 saturated carbocycles. The second-order valence-electron chi connectivity index (χ2n) is 6.45. The van der Waals surface area contributed by atoms with E-state index in [9.17, 15) is 31.9 Å². The zero-order valence-corrected chi connectivity index (χ0v) is 14.6. The highest BCUT2D eigenvalue weighted by Crippen LogP contribution is 2.41. The maximum Gasteiger partial charge on any atom is 0.392 e. The van der Waals surface area contributed by atoms with E-state index >= 15 is 0 Å². The molecule has 1 aromatic rings. The minimum Gasteiger partial charge on any atom is -0.457 e. The first-order valence-electron chi connectivity index (χ1n) is 8.43. The van der Waals surface area contributed by atoms with Gasteiger partial charge in [0, 0.05) is 12.6 Å². The molecule has 5 nitrogen and oxygen atoms in total. The van der Waals surface area contributed by atoms with Crippen LogP contribution in [-0.2, 0) is 14.3 Å². The van der Waals surface area contributed by atoms with Gasteiger partial charge in [0.25, 0.3) is 0 Å². The minimum atomic E-state index is -4.51. The van der Waals surface area contributed by atoms with E-state index in [-0.39, 0.29) is 24.1 Å². The van der Waals surface area contributed by atoms with Gasteiger partial charge in [-0.05, 0) is 31.0 Å². The smallest absolute Gasteiger partial charge is 0.392 e. The lowest BCUT2D eigenvalue weighted by atomic mass is 9.79. The molecule has 2 rings (SSSR count). The lowest BCUT2D eigenvalue weighted by Crippen LogP contribution is -2.38. The molecule has 0 bridgehead atoms. The molecule has 1 aliphatic carbocycles. The molecule has 2 atom stereocenters. The Balaban J connectivity index is 2.00. The molecule has 0 aromatic heterocycles. The SMILES string of the molecule is CC(=O)Nc1ccc(C(=O)COC(=O)[C@H]2CCCC[C@H]2C(F)(F)F)c(F)c1. The van der Waals surface area contributed by atoms with Crippen LogP contribution in [0.25, 0.3) is 0 Å². The second-order valence-corrected chi connectivity index (χ2v) is 6.45. The van der Waals surface area contributed by atoms with Gasteiger partial charge in [0.2, 0.25) is 11.7 Å². The van der Waals surface area contributed by atoms with Crippen molar-refractivity contribution in [1.82, 2.24) is 0 Å². The predicted octanol–water partition coefficient (Wildman–Crippen LogP) is 3.88. The highest BCUT2D eigenvalue weighted by atomic mass is 19.4. The Morgan fingerprint density at radius 3 is 2.44 bits per heavy atom. The number of ether oxygens (including phenoxy) is 1. The molecule has 9 heteroatoms. The zero-order chi connectivity index (χ0) is 20.2. The van der Waals surface area contributed by atoms with Crippen LogP contribution < -0.4 is 5.32 Å². The Morgan fingerprint density at radius 1 is 1.19 bits per heavy atom. The molecule has 148 valence electrons. The van der Waals surface area contributed by atoms with Crippen molar-refractivity contribution in [2.45, 2.75) is 38.8 Å². The van der Waals surface area contributed by atoms with Crippen LogP contribution in [0.5, 0.6) is 0 Å². The van der Waals surface area contributed by atoms with E-state index in [2.05, 4.69) is 5.32 Å². The zero-order valence-electron chi connectivity index (χ0n) is 14.6. The number of ketones is 1. The number of Topliss-reactive ketones (excluding diaryl/α,β-unsaturated/α-hetero) is 1. The highest BCUT2D eigenvalue weighted by molar-refractivity contribution is 5.99. The molecule has 27 heavy (non-hydrogen) atoms. The Kier molecular flexibility index (Phi) is 6.56. The van der Waals surface area contributed by atoms with Crippen molar-refractivity contribution in [3.8, 4) is 0 Å². The van der Waals surface area contributed by atoms with Gasteiger partial charge in [-0.25, -0.2) is 4.39 Å². The number of esters is 1. The molecule has 1 N–H and O–H groups in total. The standard InChI is InChI=1S/C18H19F4NO4/c1-10(24)23-11-6-7-13(15(19)8-11)16(25)9-27-17(26)12-4-2-3-5-14(12)18(20,21)22/h6-8,12,14H,2-5,9H2,1H3,(H,23,24)/t12-,14+/m0/s1. The number of hydrogen-bond donors (Lipinski definition) is 1. The van der Waals surface area contributed by atoms with Crippen LogP contribution in [0.15, 0.2) is 18.2 Å². The molecule has 1 aromatic carbocycles. The third-order valence-electron chi connectivity index (χ3n) is 4.42. The first-order chi connectivity index (χ1) is 12.6. The molecule has 0 radical (unpaired) electrons. The summed E-state index contributed by atoms with van der Waals surface area (Å²) in [4.78, 5) is 35.0. The third kappa shape index (κ3) is 5.51. The molecule has 1 amide bonds. The number of amides is 1. The van der Waals surface area contributed by atoms with Crippen LogP contribution in [-0.4, -0.2) is 30.4 Å². The van der Waals surface area contributed by atoms with E-state index in [4.69, 9.17) is 4.74 Å². The average Bonchev–Trinajstić information content (AvgIpc) is 2.58. The van der Waals surface area contributed by atoms with Gasteiger partial charge in [-0.15, -0.1) is 0 Å². The first kappa shape index (κ1) is 20.9. The maximum atomic E-state index is 14.0. The van der Waals surface area contributed by atoms with E-state index in [1.165, 1.54) is 13.0 Å². The van der Waals surface area contributed by atoms with E-state index < -0.39 is 48.1 Å². The van der Waals surface area contributed by atoms with Crippen molar-refractivity contribution in [3.63, 3.8) is 0 Å². The number of alkyl halides is 3. The normalized spacial score (nSPS) is 20.0. The fourth-order valence-corrected chi connectivity index (χ4v) is 3.15. The molecule has 0 unspecified atom stereocenters. The van der Waals surface area contributed by atoms with Gasteiger partial charge in [-0.2, -0.15) is 13.2 Å². The van der Waals surface area contributed by atoms with Gasteiger partial charge in [-0.3, -0.25) is 14.4 Å². The quantitative estimate of drug-likeness (QED) is 0.471. The number of anilines is 1. The number of carbonyl (C=O) groups is 3. The van der Waals surface area contributed by atoms with Crippen LogP contribution in [0.2, 0.25) is 0 Å². The summed E-state index contributed by atoms with van der Waals surface area (Å²) in [6.07, 6.45) is -3.79. The third-order valence-corrected chi connectivity index (χ3v) is 4.42. The summed E-state index contributed by atoms with van der Waals surface area (Å²) in [5, 5.41) is 2.34. The molecular weight excluding hydrogens is 370 g/mol. The van der Waals surface area contributed by atoms with Gasteiger partial charge >= 0.3 is 12.1 Å². The minimum absolute atomic E-state index is 0.0387. The van der Waals surface area contributed by atoms with Crippen molar-refractivity contribution < 1.29 is 36.7 Å². The lowest BCUT2D eigenvalue weighted by Gasteiger charge is -2.31. The predicted molar refractivity (Wildman–Crippen MR) is 87.5 cm³/mol. The number of benzene rings is 1. The topological polar surface area (TPSA) is 72.5 Å². The van der Waals surface area contributed by atoms with Gasteiger partial charge in [0.05, 0.1) is 17.4 Å². The molecule has 0 saturated heterocycles. The number of hydrogen-bond acceptors (Lipinski definition) is 4. The molecule has 1 fully saturated rings. The Bertz CT molecular complexity index is 733. The molecule has 1 aliphatic rings. The number of carbonyl (C=O) groups excluding carboxylic acids is 3. The van der Waals surface area contributed by atoms with Crippen LogP contribution in [0.1, 0.15) is 43.0 Å². The van der Waals surface area contributed by atoms with Crippen molar-refractivity contribution in [1.29, 1.82) is 0 Å². The van der Waals surface area contributed by atoms with Gasteiger partial charge in [0.1, 0.15) is 5.82 Å². The van der Waals surface area contributed by atoms with E-state index in [1.807, 2.05) is 0 Å². The summed E-state index contributed by atoms with van der Waals surface area (Å²) in [5.41, 5.74) is -0.239. The van der Waals surface area contributed by atoms with Crippen molar-refractivity contribution in [3.05, 3.63) is 29.6 Å². The fourth-order valence-electron chi connectivity index (χ4n) is 3.15. The van der Waals surface area contributed by atoms with Crippen molar-refractivity contribution in [2.75, 3.05) is 11.9 Å². The van der Waals surface area contributed by atoms with Crippen molar-refractivity contribution in [2.24, 2.45) is 11.8 Å². The summed E-state index contributed by atoms with van der Waals surface area (Å²) < 4.78 is 57.9. The number of nitrogens with one attached hydrogen (secondary N) is 1. The second kappa shape index (κ2) is 8.49. The molecular formula is C18H19F4NO4. The van der Waals surface area contributed by atoms with Crippen LogP contribution in [0.3, 0.4) is 0 Å². The summed E-state index contributed by atoms with van der Waals surface area (Å²) in [6, 6.07) is 3.33. The Hall–Kier alpha value is -2.45. The summed E-state index contributed by atoms with van der Waals surface area (Å²) in [7, 11) is 0. The van der Waals surface area contributed by atoms with Gasteiger partial charge < -0.3 is 10.1 Å². The van der Waals surface area contributed by atoms with E-state index in [1.54, 1.807) is 0 Å². The molecule has 0 spiro atoms. The van der Waals surface area contributed by atoms with E-state index in [0.717, 1.165) is 12.1 Å². The summed E-state index contributed by atoms with van der Waals surface area (Å²) in [5.74, 6) is -6.47. The molecule has 0 heterocycles. The fraction of sp³-hybridized carbons (Fsp3) is 0.500. The van der Waals surface area contributed by atoms with Crippen LogP contribution >= 0.6 is 0 Å². The molecule has 0 aliphatic heterocycles. The first-order valence-corrected chi connectivity index (χ1v) is 8.43. The van der Waals surface area contributed by atoms with E-state index in [0.29, 0.717) is 12.8 Å². The van der Waals surface area contributed by atoms with Crippen LogP contribution in [0.4, 0.5) is 23.2 Å². The average molecular weight is 389 g/mol. The largest absolute Gasteiger partial charge is 0.457 e. The van der Waals surface area contributed by atoms with Gasteiger partial charge in [-0.1, -0.05) is 12.8 Å². The van der Waals surface area contributed by atoms with Crippen LogP contribution in [0, 0.1) is 17.7 Å². The van der Waals surface area contributed by atoms with Crippen molar-refractivity contribution >= 4 is 23.3 Å². The number of halogens is 4. The lowest BCUT2D eigenvalue weighted by molar-refractivity contribution is -0.204. The van der Waals surface area contributed by atoms with Gasteiger partial charge in [0.15, 0.2) is 6.61 Å². The number of rotatable bonds is 5. The maximum absolute atomic E-state index is 14.0. The summed E-state index contributed by atoms with van der Waals surface area (Å²) >= 11 is 0. The Morgan fingerprint density at radius 2 is 1.85 bits per heavy atom. The monoisotopic (exact) mass is 389 g/mol. The highest BCUT2D eigenvalue weighted by Gasteiger charge is 2.48. The summed E-state index contributed by atoms with van der Waals surface area (Å²) in [6.45, 7) is 0.381. The Labute approximate surface area is 153 Å².